The standard InChI is InChI=1S/C18H18ClN5O/c1-13(14-3-9-17(10-4-14)24-12-20-11-21-24)23(2)18(25)22-16-7-5-15(19)6-8-16/h3-13H,1-2H3,(H,22,25)/t13-/m1/s1. The molecular formula is C18H18ClN5O. The van der Waals surface area contributed by atoms with E-state index in [1.165, 1.54) is 6.33 Å². The summed E-state index contributed by atoms with van der Waals surface area (Å²) in [6.07, 6.45) is 3.13. The van der Waals surface area contributed by atoms with E-state index < -0.39 is 0 Å². The van der Waals surface area contributed by atoms with Crippen LogP contribution in [-0.4, -0.2) is 32.7 Å². The number of carbonyl (C=O) groups excluding carboxylic acids is 1. The van der Waals surface area contributed by atoms with E-state index in [2.05, 4.69) is 15.4 Å². The van der Waals surface area contributed by atoms with Crippen molar-refractivity contribution in [1.82, 2.24) is 19.7 Å². The van der Waals surface area contributed by atoms with Crippen LogP contribution < -0.4 is 5.32 Å². The van der Waals surface area contributed by atoms with Gasteiger partial charge in [-0.2, -0.15) is 5.10 Å². The number of nitrogens with one attached hydrogen (secondary N) is 1. The smallest absolute Gasteiger partial charge is 0.321 e. The van der Waals surface area contributed by atoms with E-state index in [0.717, 1.165) is 11.3 Å². The summed E-state index contributed by atoms with van der Waals surface area (Å²) in [6, 6.07) is 14.6. The highest BCUT2D eigenvalue weighted by Crippen LogP contribution is 2.21. The number of urea groups is 1. The predicted octanol–water partition coefficient (Wildman–Crippen LogP) is 4.15. The van der Waals surface area contributed by atoms with Gasteiger partial charge >= 0.3 is 6.03 Å². The molecule has 1 aromatic heterocycles. The van der Waals surface area contributed by atoms with Crippen LogP contribution in [-0.2, 0) is 0 Å². The number of benzene rings is 2. The fourth-order valence-corrected chi connectivity index (χ4v) is 2.52. The maximum atomic E-state index is 12.4. The Morgan fingerprint density at radius 2 is 1.84 bits per heavy atom. The van der Waals surface area contributed by atoms with Crippen LogP contribution in [0.5, 0.6) is 0 Å². The van der Waals surface area contributed by atoms with Gasteiger partial charge in [-0.1, -0.05) is 23.7 Å². The highest BCUT2D eigenvalue weighted by molar-refractivity contribution is 6.30. The quantitative estimate of drug-likeness (QED) is 0.764. The minimum atomic E-state index is -0.185. The third kappa shape index (κ3) is 3.97. The molecule has 0 fully saturated rings. The van der Waals surface area contributed by atoms with Crippen molar-refractivity contribution in [3.63, 3.8) is 0 Å². The summed E-state index contributed by atoms with van der Waals surface area (Å²) >= 11 is 5.86. The van der Waals surface area contributed by atoms with Gasteiger partial charge in [0, 0.05) is 17.8 Å². The number of halogens is 1. The van der Waals surface area contributed by atoms with Crippen molar-refractivity contribution in [3.8, 4) is 5.69 Å². The molecule has 25 heavy (non-hydrogen) atoms. The molecule has 0 unspecified atom stereocenters. The second kappa shape index (κ2) is 7.36. The SMILES string of the molecule is C[C@H](c1ccc(-n2cncn2)cc1)N(C)C(=O)Nc1ccc(Cl)cc1. The summed E-state index contributed by atoms with van der Waals surface area (Å²) in [5.41, 5.74) is 2.65. The minimum absolute atomic E-state index is 0.0860. The van der Waals surface area contributed by atoms with Crippen LogP contribution in [0.1, 0.15) is 18.5 Å². The van der Waals surface area contributed by atoms with Crippen LogP contribution in [0.4, 0.5) is 10.5 Å². The van der Waals surface area contributed by atoms with Crippen LogP contribution >= 0.6 is 11.6 Å². The lowest BCUT2D eigenvalue weighted by molar-refractivity contribution is 0.208. The molecule has 0 spiro atoms. The Balaban J connectivity index is 1.67. The number of anilines is 1. The molecule has 128 valence electrons. The van der Waals surface area contributed by atoms with Crippen molar-refractivity contribution in [2.24, 2.45) is 0 Å². The third-order valence-electron chi connectivity index (χ3n) is 4.06. The Morgan fingerprint density at radius 1 is 1.16 bits per heavy atom. The van der Waals surface area contributed by atoms with E-state index in [4.69, 9.17) is 11.6 Å². The summed E-state index contributed by atoms with van der Waals surface area (Å²) in [7, 11) is 1.77. The Morgan fingerprint density at radius 3 is 2.44 bits per heavy atom. The van der Waals surface area contributed by atoms with E-state index in [1.54, 1.807) is 47.2 Å². The highest BCUT2D eigenvalue weighted by atomic mass is 35.5. The molecule has 3 rings (SSSR count). The molecule has 7 heteroatoms. The van der Waals surface area contributed by atoms with E-state index in [-0.39, 0.29) is 12.1 Å². The monoisotopic (exact) mass is 355 g/mol. The topological polar surface area (TPSA) is 63.1 Å². The number of rotatable bonds is 4. The molecule has 1 atom stereocenters. The van der Waals surface area contributed by atoms with E-state index in [0.29, 0.717) is 10.7 Å². The molecule has 2 aromatic carbocycles. The Kier molecular flexibility index (Phi) is 5.00. The number of amides is 2. The summed E-state index contributed by atoms with van der Waals surface area (Å²) in [5.74, 6) is 0. The Bertz CT molecular complexity index is 831. The molecule has 0 bridgehead atoms. The van der Waals surface area contributed by atoms with Crippen LogP contribution in [0.15, 0.2) is 61.2 Å². The van der Waals surface area contributed by atoms with Gasteiger partial charge in [-0.05, 0) is 48.9 Å². The normalized spacial score (nSPS) is 11.8. The van der Waals surface area contributed by atoms with Gasteiger partial charge in [-0.15, -0.1) is 0 Å². The molecule has 0 aliphatic heterocycles. The molecule has 1 heterocycles. The molecule has 0 saturated carbocycles. The van der Waals surface area contributed by atoms with Gasteiger partial charge in [0.25, 0.3) is 0 Å². The average molecular weight is 356 g/mol. The predicted molar refractivity (Wildman–Crippen MR) is 98.0 cm³/mol. The van der Waals surface area contributed by atoms with Gasteiger partial charge in [0.2, 0.25) is 0 Å². The van der Waals surface area contributed by atoms with Gasteiger partial charge in [0.05, 0.1) is 11.7 Å². The van der Waals surface area contributed by atoms with Crippen LogP contribution in [0.2, 0.25) is 5.02 Å². The van der Waals surface area contributed by atoms with Crippen molar-refractivity contribution in [3.05, 3.63) is 71.8 Å². The number of aromatic nitrogens is 3. The molecule has 0 radical (unpaired) electrons. The van der Waals surface area contributed by atoms with Crippen molar-refractivity contribution in [2.45, 2.75) is 13.0 Å². The molecule has 0 aliphatic rings. The average Bonchev–Trinajstić information content (AvgIpc) is 3.17. The minimum Gasteiger partial charge on any atom is -0.321 e. The molecule has 0 aliphatic carbocycles. The number of hydrogen-bond acceptors (Lipinski definition) is 3. The Labute approximate surface area is 151 Å². The second-order valence-corrected chi connectivity index (χ2v) is 6.09. The zero-order chi connectivity index (χ0) is 17.8. The second-order valence-electron chi connectivity index (χ2n) is 5.66. The van der Waals surface area contributed by atoms with Crippen LogP contribution in [0.3, 0.4) is 0 Å². The molecule has 3 aromatic rings. The summed E-state index contributed by atoms with van der Waals surface area (Å²) in [4.78, 5) is 18.0. The first-order valence-electron chi connectivity index (χ1n) is 7.79. The maximum absolute atomic E-state index is 12.4. The van der Waals surface area contributed by atoms with Gasteiger partial charge in [0.15, 0.2) is 0 Å². The zero-order valence-corrected chi connectivity index (χ0v) is 14.7. The lowest BCUT2D eigenvalue weighted by Crippen LogP contribution is -2.33. The van der Waals surface area contributed by atoms with E-state index in [9.17, 15) is 4.79 Å². The van der Waals surface area contributed by atoms with Crippen molar-refractivity contribution in [1.29, 1.82) is 0 Å². The number of hydrogen-bond donors (Lipinski definition) is 1. The molecular weight excluding hydrogens is 338 g/mol. The van der Waals surface area contributed by atoms with Gasteiger partial charge < -0.3 is 10.2 Å². The Hall–Kier alpha value is -2.86. The summed E-state index contributed by atoms with van der Waals surface area (Å²) < 4.78 is 1.69. The summed E-state index contributed by atoms with van der Waals surface area (Å²) in [5, 5.41) is 7.59. The first-order valence-corrected chi connectivity index (χ1v) is 8.17. The highest BCUT2D eigenvalue weighted by Gasteiger charge is 2.17. The van der Waals surface area contributed by atoms with Crippen molar-refractivity contribution >= 4 is 23.3 Å². The number of carbonyl (C=O) groups is 1. The lowest BCUT2D eigenvalue weighted by atomic mass is 10.1. The number of nitrogens with zero attached hydrogens (tertiary/aromatic N) is 4. The van der Waals surface area contributed by atoms with Gasteiger partial charge in [-0.25, -0.2) is 14.5 Å². The molecule has 0 saturated heterocycles. The molecule has 2 amide bonds. The lowest BCUT2D eigenvalue weighted by Gasteiger charge is -2.25. The first kappa shape index (κ1) is 17.0. The summed E-state index contributed by atoms with van der Waals surface area (Å²) in [6.45, 7) is 1.98. The van der Waals surface area contributed by atoms with Gasteiger partial charge in [0.1, 0.15) is 12.7 Å². The van der Waals surface area contributed by atoms with E-state index in [1.807, 2.05) is 31.2 Å². The van der Waals surface area contributed by atoms with Crippen molar-refractivity contribution < 1.29 is 4.79 Å². The molecule has 6 nitrogen and oxygen atoms in total. The largest absolute Gasteiger partial charge is 0.322 e. The zero-order valence-electron chi connectivity index (χ0n) is 13.9. The van der Waals surface area contributed by atoms with E-state index >= 15 is 0 Å². The fourth-order valence-electron chi connectivity index (χ4n) is 2.39. The van der Waals surface area contributed by atoms with Crippen molar-refractivity contribution in [2.75, 3.05) is 12.4 Å². The molecule has 1 N–H and O–H groups in total. The van der Waals surface area contributed by atoms with Crippen LogP contribution in [0.25, 0.3) is 5.69 Å². The fraction of sp³-hybridized carbons (Fsp3) is 0.167. The third-order valence-corrected chi connectivity index (χ3v) is 4.31. The van der Waals surface area contributed by atoms with Gasteiger partial charge in [-0.3, -0.25) is 0 Å². The first-order chi connectivity index (χ1) is 12.0. The van der Waals surface area contributed by atoms with Crippen LogP contribution in [0, 0.1) is 0 Å². The maximum Gasteiger partial charge on any atom is 0.322 e.